The molecule has 0 bridgehead atoms. The molecule has 22 nitrogen and oxygen atoms in total. The first-order chi connectivity index (χ1) is 58.5. The molecule has 21 rings (SSSR count). The zero-order valence-corrected chi connectivity index (χ0v) is 76.5. The van der Waals surface area contributed by atoms with Crippen LogP contribution in [0.5, 0.6) is 0 Å². The number of esters is 4. The van der Waals surface area contributed by atoms with Crippen LogP contribution in [0.3, 0.4) is 0 Å². The molecular weight excluding hydrogens is 1560 g/mol. The molecule has 5 heterocycles. The predicted octanol–water partition coefficient (Wildman–Crippen LogP) is 15.3. The number of aliphatic hydroxyl groups excluding tert-OH is 2. The van der Waals surface area contributed by atoms with Crippen LogP contribution in [-0.2, 0) is 62.1 Å². The second-order valence-electron chi connectivity index (χ2n) is 46.4. The maximum absolute atomic E-state index is 12.4. The smallest absolute Gasteiger partial charge is 0.331 e. The van der Waals surface area contributed by atoms with Gasteiger partial charge in [0, 0.05) is 64.5 Å². The Balaban J connectivity index is 0.000000112. The van der Waals surface area contributed by atoms with Crippen LogP contribution in [-0.4, -0.2) is 173 Å². The molecule has 0 aromatic carbocycles. The molecule has 0 amide bonds. The summed E-state index contributed by atoms with van der Waals surface area (Å²) in [7, 11) is 5.08. The number of nitrogens with one attached hydrogen (secondary N) is 2. The quantitative estimate of drug-likeness (QED) is 0.0412. The number of fused-ring (bicyclic) bond motifs is 20. The van der Waals surface area contributed by atoms with Crippen molar-refractivity contribution in [3.8, 4) is 0 Å². The van der Waals surface area contributed by atoms with Crippen molar-refractivity contribution in [2.75, 3.05) is 47.8 Å². The Hall–Kier alpha value is -4.17. The Morgan fingerprint density at radius 1 is 0.382 bits per heavy atom. The van der Waals surface area contributed by atoms with Crippen molar-refractivity contribution in [1.29, 1.82) is 0 Å². The van der Waals surface area contributed by atoms with Crippen LogP contribution in [0.15, 0.2) is 51.8 Å². The molecule has 0 spiro atoms. The van der Waals surface area contributed by atoms with Gasteiger partial charge in [-0.2, -0.15) is 11.0 Å². The Labute approximate surface area is 732 Å². The van der Waals surface area contributed by atoms with Crippen molar-refractivity contribution < 1.29 is 92.8 Å². The van der Waals surface area contributed by atoms with Crippen LogP contribution in [0.2, 0.25) is 0 Å². The number of hydrogen-bond donors (Lipinski definition) is 8. The lowest BCUT2D eigenvalue weighted by atomic mass is 9.43. The highest BCUT2D eigenvalue weighted by Crippen LogP contribution is 2.76. The number of oxime groups is 1. The number of ether oxygens (including phenoxy) is 6. The van der Waals surface area contributed by atoms with E-state index in [-0.39, 0.29) is 86.1 Å². The molecule has 0 aromatic heterocycles. The van der Waals surface area contributed by atoms with Crippen molar-refractivity contribution in [2.24, 2.45) is 143 Å². The third kappa shape index (κ3) is 14.3. The van der Waals surface area contributed by atoms with E-state index in [1.165, 1.54) is 69.9 Å². The van der Waals surface area contributed by atoms with E-state index in [1.807, 2.05) is 0 Å². The first kappa shape index (κ1) is 89.4. The number of carbonyl (C=O) groups excluding carboxylic acids is 4. The molecule has 5 aliphatic heterocycles. The van der Waals surface area contributed by atoms with Crippen LogP contribution in [0, 0.1) is 138 Å². The topological polar surface area (TPSA) is 309 Å². The van der Waals surface area contributed by atoms with E-state index < -0.39 is 47.0 Å². The highest BCUT2D eigenvalue weighted by molar-refractivity contribution is 5.87. The Morgan fingerprint density at radius 2 is 0.715 bits per heavy atom. The largest absolute Gasteiger partial charge is 0.458 e. The van der Waals surface area contributed by atoms with E-state index >= 15 is 0 Å². The Bertz CT molecular complexity index is 4030. The SMILES string of the molecule is CC1O[C@@H](O[C@H]2CC[C@]3(C)C4CC[C@]5(C)[C@@H](C6=CC(=O)OC6)CC[C@]5(O)C4CC[C@@H]3C2)C[C@@H](O)[C@@H]1O.CO/N=C1\CC[C@]2(C)C3CC[C@]4(C)[C@@H](C5=CC(=O)OC5)CC[C@]4(O)C3CC[C@@H]2C1.CON[C@@H]1CC[C@]2(C)C3CC[C@]4(C)[C@@H](C5=CC(=O)OC5)CC[C@]4(O)C3CC[C@@H]2C1.CON[C@H]1CC[C@]2(C)C3CC[C@]4(C)[C@@H](C5=CC(=O)OC5)CC[C@]4(O)C3CC[C@@H]2C1. The maximum atomic E-state index is 12.4. The highest BCUT2D eigenvalue weighted by atomic mass is 16.7. The van der Waals surface area contributed by atoms with Gasteiger partial charge in [0.05, 0.1) is 60.6 Å². The van der Waals surface area contributed by atoms with Gasteiger partial charge >= 0.3 is 23.9 Å². The number of carbonyl (C=O) groups is 4. The maximum Gasteiger partial charge on any atom is 0.331 e. The van der Waals surface area contributed by atoms with Gasteiger partial charge in [0.15, 0.2) is 6.29 Å². The number of hydrogen-bond acceptors (Lipinski definition) is 22. The van der Waals surface area contributed by atoms with E-state index in [2.05, 4.69) is 71.5 Å². The van der Waals surface area contributed by atoms with Gasteiger partial charge in [-0.05, 0) is 377 Å². The minimum atomic E-state index is -0.856. The zero-order valence-electron chi connectivity index (χ0n) is 76.5. The molecule has 0 aromatic rings. The van der Waals surface area contributed by atoms with E-state index in [0.717, 1.165) is 201 Å². The summed E-state index contributed by atoms with van der Waals surface area (Å²) in [4.78, 5) is 62.3. The first-order valence-electron chi connectivity index (χ1n) is 49.2. The van der Waals surface area contributed by atoms with Crippen molar-refractivity contribution in [3.63, 3.8) is 0 Å². The monoisotopic (exact) mass is 1710 g/mol. The average molecular weight is 1710 g/mol. The van der Waals surface area contributed by atoms with Crippen LogP contribution >= 0.6 is 0 Å². The van der Waals surface area contributed by atoms with Crippen LogP contribution in [0.1, 0.15) is 300 Å². The second kappa shape index (κ2) is 33.0. The summed E-state index contributed by atoms with van der Waals surface area (Å²) >= 11 is 0. The summed E-state index contributed by atoms with van der Waals surface area (Å²) in [6.07, 6.45) is 43.4. The fourth-order valence-electron chi connectivity index (χ4n) is 35.6. The molecule has 16 saturated carbocycles. The van der Waals surface area contributed by atoms with Gasteiger partial charge in [-0.3, -0.25) is 0 Å². The number of rotatable bonds is 11. The minimum Gasteiger partial charge on any atom is -0.458 e. The molecule has 1 saturated heterocycles. The fraction of sp³-hybridized carbons (Fsp3) is 0.871. The van der Waals surface area contributed by atoms with Crippen molar-refractivity contribution in [2.45, 2.75) is 365 Å². The molecule has 0 radical (unpaired) electrons. The molecule has 22 heteroatoms. The fourth-order valence-corrected chi connectivity index (χ4v) is 35.6. The summed E-state index contributed by atoms with van der Waals surface area (Å²) in [6.45, 7) is 22.6. The van der Waals surface area contributed by atoms with Gasteiger partial charge < -0.3 is 73.6 Å². The van der Waals surface area contributed by atoms with Crippen molar-refractivity contribution >= 4 is 29.6 Å². The third-order valence-corrected chi connectivity index (χ3v) is 42.5. The van der Waals surface area contributed by atoms with Crippen LogP contribution in [0.4, 0.5) is 0 Å². The lowest BCUT2D eigenvalue weighted by Crippen LogP contribution is -2.62. The van der Waals surface area contributed by atoms with Crippen LogP contribution in [0.25, 0.3) is 0 Å². The summed E-state index contributed by atoms with van der Waals surface area (Å²) < 4.78 is 33.1. The standard InChI is InChI=1S/C29H44O7.2C24H37NO4.C24H35NO4/c1-16-26(32)23(30)14-25(35-16)36-19-6-9-27(2)18(13-19)4-5-22-21(27)7-10-28(3)20(8-11-29(22,28)33)17-12-24(31)34-15-17;3*1-22-9-6-17(25-28-3)13-16(22)4-5-20-19(22)7-10-23(2)18(8-11-24(20,23)27)15-12-21(26)29-14-15/h12,16,18-23,25-26,30,32-33H,4-11,13-15H2,1-3H3;2*12,16-20,25,27H,4-11,13-14H2,1-3H3;12,16,18-20,27H,4-11,13-14H2,1-3H3/b;;;25-17+/t16?,18-,19+,20-,21?,22?,23-,25+,26-,27+,28-,29+;16-,17+,18-,19?,20?,22+,23-,24+;16-,17-,18-,19?,20?,22+,23-,24+;16-,18-,19?,20?,22+,23-,24+/m1111/s1. The second-order valence-corrected chi connectivity index (χ2v) is 46.4. The van der Waals surface area contributed by atoms with Gasteiger partial charge in [-0.25, -0.2) is 19.2 Å². The number of nitrogens with zero attached hydrogens (tertiary/aromatic N) is 1. The average Bonchev–Trinajstić information content (AvgIpc) is 1.59. The normalized spacial score (nSPS) is 52.3. The number of hydroxylamine groups is 2. The van der Waals surface area contributed by atoms with E-state index in [4.69, 9.17) is 42.9 Å². The van der Waals surface area contributed by atoms with Crippen molar-refractivity contribution in [1.82, 2.24) is 11.0 Å². The van der Waals surface area contributed by atoms with Gasteiger partial charge in [-0.1, -0.05) is 60.5 Å². The molecular formula is C101H153N3O19. The molecule has 35 atom stereocenters. The van der Waals surface area contributed by atoms with Crippen LogP contribution < -0.4 is 11.0 Å². The lowest BCUT2D eigenvalue weighted by molar-refractivity contribution is -0.270. The van der Waals surface area contributed by atoms with Gasteiger partial charge in [-0.15, -0.1) is 0 Å². The summed E-state index contributed by atoms with van der Waals surface area (Å²) in [5.74, 6) is 6.62. The number of aliphatic hydroxyl groups is 6. The molecule has 8 N–H and O–H groups in total. The molecule has 123 heavy (non-hydrogen) atoms. The lowest BCUT2D eigenvalue weighted by Gasteiger charge is -2.63. The van der Waals surface area contributed by atoms with E-state index in [1.54, 1.807) is 52.6 Å². The van der Waals surface area contributed by atoms with Gasteiger partial charge in [0.1, 0.15) is 39.6 Å². The summed E-state index contributed by atoms with van der Waals surface area (Å²) in [6, 6.07) is 0.934. The zero-order chi connectivity index (χ0) is 86.8. The first-order valence-corrected chi connectivity index (χ1v) is 49.2. The third-order valence-electron chi connectivity index (χ3n) is 42.5. The molecule has 17 fully saturated rings. The predicted molar refractivity (Wildman–Crippen MR) is 461 cm³/mol. The highest BCUT2D eigenvalue weighted by Gasteiger charge is 2.73. The van der Waals surface area contributed by atoms with Gasteiger partial charge in [0.25, 0.3) is 0 Å². The molecule has 9 unspecified atom stereocenters. The van der Waals surface area contributed by atoms with E-state index in [9.17, 15) is 49.8 Å². The Morgan fingerprint density at radius 3 is 1.04 bits per heavy atom. The number of cyclic esters (lactones) is 4. The summed E-state index contributed by atoms with van der Waals surface area (Å²) in [5.41, 5.74) is 10.1. The van der Waals surface area contributed by atoms with Gasteiger partial charge in [0.2, 0.25) is 0 Å². The van der Waals surface area contributed by atoms with E-state index in [0.29, 0.717) is 115 Å². The minimum absolute atomic E-state index is 0.110. The Kier molecular flexibility index (Phi) is 24.0. The molecule has 16 aliphatic carbocycles. The molecule has 686 valence electrons. The van der Waals surface area contributed by atoms with Crippen molar-refractivity contribution in [3.05, 3.63) is 46.6 Å². The molecule has 21 aliphatic rings. The summed E-state index contributed by atoms with van der Waals surface area (Å²) in [5, 5.41) is 73.4.